The minimum absolute atomic E-state index is 0.0970. The monoisotopic (exact) mass is 289 g/mol. The van der Waals surface area contributed by atoms with Gasteiger partial charge in [0.1, 0.15) is 11.4 Å². The minimum atomic E-state index is -0.207. The van der Waals surface area contributed by atoms with Crippen molar-refractivity contribution >= 4 is 0 Å². The number of ether oxygens (including phenoxy) is 1. The maximum Gasteiger partial charge on any atom is 0.127 e. The second-order valence-electron chi connectivity index (χ2n) is 7.14. The van der Waals surface area contributed by atoms with Crippen LogP contribution in [0.4, 0.5) is 0 Å². The standard InChI is InChI=1S/C18H27NO2/c1-18(2)11-13-7-6-8-14(17(13)21-18)12-19-15-9-4-3-5-10-16(15)20/h6-8,15-16,19-20H,3-5,9-12H2,1-2H3. The fourth-order valence-corrected chi connectivity index (χ4v) is 3.59. The quantitative estimate of drug-likeness (QED) is 0.840. The summed E-state index contributed by atoms with van der Waals surface area (Å²) in [5.74, 6) is 1.05. The van der Waals surface area contributed by atoms with Crippen LogP contribution in [0, 0.1) is 0 Å². The lowest BCUT2D eigenvalue weighted by atomic mass is 10.00. The molecule has 1 aromatic carbocycles. The van der Waals surface area contributed by atoms with Crippen molar-refractivity contribution in [3.05, 3.63) is 29.3 Å². The van der Waals surface area contributed by atoms with E-state index in [0.717, 1.165) is 38.0 Å². The molecule has 1 aromatic rings. The van der Waals surface area contributed by atoms with Crippen LogP contribution in [-0.2, 0) is 13.0 Å². The third-order valence-corrected chi connectivity index (χ3v) is 4.71. The number of hydrogen-bond acceptors (Lipinski definition) is 3. The van der Waals surface area contributed by atoms with E-state index in [9.17, 15) is 5.11 Å². The van der Waals surface area contributed by atoms with Crippen molar-refractivity contribution in [2.45, 2.75) is 76.7 Å². The van der Waals surface area contributed by atoms with E-state index >= 15 is 0 Å². The molecule has 2 N–H and O–H groups in total. The van der Waals surface area contributed by atoms with Crippen molar-refractivity contribution < 1.29 is 9.84 Å². The number of rotatable bonds is 3. The van der Waals surface area contributed by atoms with Crippen molar-refractivity contribution in [3.8, 4) is 5.75 Å². The van der Waals surface area contributed by atoms with Gasteiger partial charge in [-0.05, 0) is 32.3 Å². The van der Waals surface area contributed by atoms with Crippen LogP contribution in [0.25, 0.3) is 0 Å². The fraction of sp³-hybridized carbons (Fsp3) is 0.667. The van der Waals surface area contributed by atoms with Gasteiger partial charge < -0.3 is 15.2 Å². The normalized spacial score (nSPS) is 27.8. The zero-order valence-electron chi connectivity index (χ0n) is 13.2. The highest BCUT2D eigenvalue weighted by Crippen LogP contribution is 2.37. The predicted molar refractivity (Wildman–Crippen MR) is 84.6 cm³/mol. The summed E-state index contributed by atoms with van der Waals surface area (Å²) in [4.78, 5) is 0. The Balaban J connectivity index is 1.68. The SMILES string of the molecule is CC1(C)Cc2cccc(CNC3CCCCCC3O)c2O1. The fourth-order valence-electron chi connectivity index (χ4n) is 3.59. The Morgan fingerprint density at radius 2 is 2.05 bits per heavy atom. The van der Waals surface area contributed by atoms with Gasteiger partial charge in [0.15, 0.2) is 0 Å². The van der Waals surface area contributed by atoms with Crippen LogP contribution >= 0.6 is 0 Å². The number of aliphatic hydroxyl groups is 1. The molecule has 1 aliphatic heterocycles. The van der Waals surface area contributed by atoms with Gasteiger partial charge in [0.05, 0.1) is 6.10 Å². The van der Waals surface area contributed by atoms with Gasteiger partial charge in [-0.3, -0.25) is 0 Å². The molecule has 2 unspecified atom stereocenters. The minimum Gasteiger partial charge on any atom is -0.487 e. The lowest BCUT2D eigenvalue weighted by Crippen LogP contribution is -2.38. The number of hydrogen-bond donors (Lipinski definition) is 2. The summed E-state index contributed by atoms with van der Waals surface area (Å²) in [7, 11) is 0. The summed E-state index contributed by atoms with van der Waals surface area (Å²) in [6.07, 6.45) is 6.37. The molecule has 2 atom stereocenters. The Morgan fingerprint density at radius 3 is 2.90 bits per heavy atom. The highest BCUT2D eigenvalue weighted by molar-refractivity contribution is 5.45. The van der Waals surface area contributed by atoms with Crippen molar-refractivity contribution in [1.29, 1.82) is 0 Å². The first kappa shape index (κ1) is 14.9. The van der Waals surface area contributed by atoms with E-state index in [1.165, 1.54) is 24.0 Å². The Kier molecular flexibility index (Phi) is 4.23. The highest BCUT2D eigenvalue weighted by atomic mass is 16.5. The molecule has 0 amide bonds. The molecule has 1 saturated carbocycles. The molecule has 0 saturated heterocycles. The van der Waals surface area contributed by atoms with E-state index in [2.05, 4.69) is 37.4 Å². The topological polar surface area (TPSA) is 41.5 Å². The molecule has 1 fully saturated rings. The molecule has 3 heteroatoms. The smallest absolute Gasteiger partial charge is 0.127 e. The van der Waals surface area contributed by atoms with Gasteiger partial charge >= 0.3 is 0 Å². The van der Waals surface area contributed by atoms with Gasteiger partial charge in [-0.1, -0.05) is 37.5 Å². The third-order valence-electron chi connectivity index (χ3n) is 4.71. The Morgan fingerprint density at radius 1 is 1.24 bits per heavy atom. The molecule has 21 heavy (non-hydrogen) atoms. The maximum absolute atomic E-state index is 10.2. The average molecular weight is 289 g/mol. The molecule has 0 spiro atoms. The van der Waals surface area contributed by atoms with E-state index in [-0.39, 0.29) is 17.7 Å². The molecule has 3 nitrogen and oxygen atoms in total. The van der Waals surface area contributed by atoms with Gasteiger partial charge in [-0.15, -0.1) is 0 Å². The number of para-hydroxylation sites is 1. The van der Waals surface area contributed by atoms with Gasteiger partial charge in [0, 0.05) is 24.6 Å². The maximum atomic E-state index is 10.2. The first-order valence-electron chi connectivity index (χ1n) is 8.26. The van der Waals surface area contributed by atoms with E-state index in [1.54, 1.807) is 0 Å². The van der Waals surface area contributed by atoms with Gasteiger partial charge in [0.25, 0.3) is 0 Å². The molecule has 2 aliphatic rings. The van der Waals surface area contributed by atoms with Crippen LogP contribution in [0.5, 0.6) is 5.75 Å². The Labute approximate surface area is 127 Å². The summed E-state index contributed by atoms with van der Waals surface area (Å²) in [5.41, 5.74) is 2.43. The molecule has 1 aliphatic carbocycles. The van der Waals surface area contributed by atoms with Crippen LogP contribution in [-0.4, -0.2) is 22.9 Å². The van der Waals surface area contributed by atoms with Crippen LogP contribution in [0.1, 0.15) is 57.1 Å². The van der Waals surface area contributed by atoms with Crippen molar-refractivity contribution in [3.63, 3.8) is 0 Å². The molecule has 0 bridgehead atoms. The van der Waals surface area contributed by atoms with Crippen LogP contribution in [0.3, 0.4) is 0 Å². The lowest BCUT2D eigenvalue weighted by Gasteiger charge is -2.23. The second kappa shape index (κ2) is 5.98. The average Bonchev–Trinajstić information content (AvgIpc) is 2.61. The van der Waals surface area contributed by atoms with E-state index in [4.69, 9.17) is 4.74 Å². The molecule has 3 rings (SSSR count). The molecule has 0 radical (unpaired) electrons. The number of benzene rings is 1. The first-order valence-corrected chi connectivity index (χ1v) is 8.26. The number of nitrogens with one attached hydrogen (secondary N) is 1. The summed E-state index contributed by atoms with van der Waals surface area (Å²) in [5, 5.41) is 13.8. The molecular formula is C18H27NO2. The number of fused-ring (bicyclic) bond motifs is 1. The van der Waals surface area contributed by atoms with Crippen LogP contribution in [0.2, 0.25) is 0 Å². The van der Waals surface area contributed by atoms with Gasteiger partial charge in [0.2, 0.25) is 0 Å². The van der Waals surface area contributed by atoms with Crippen molar-refractivity contribution in [2.24, 2.45) is 0 Å². The lowest BCUT2D eigenvalue weighted by molar-refractivity contribution is 0.118. The zero-order chi connectivity index (χ0) is 14.9. The molecular weight excluding hydrogens is 262 g/mol. The van der Waals surface area contributed by atoms with Gasteiger partial charge in [-0.2, -0.15) is 0 Å². The van der Waals surface area contributed by atoms with E-state index < -0.39 is 0 Å². The summed E-state index contributed by atoms with van der Waals surface area (Å²) >= 11 is 0. The Hall–Kier alpha value is -1.06. The zero-order valence-corrected chi connectivity index (χ0v) is 13.2. The molecule has 1 heterocycles. The summed E-state index contributed by atoms with van der Waals surface area (Å²) in [6.45, 7) is 5.06. The van der Waals surface area contributed by atoms with E-state index in [1.807, 2.05) is 0 Å². The van der Waals surface area contributed by atoms with Crippen LogP contribution in [0.15, 0.2) is 18.2 Å². The Bertz CT molecular complexity index is 498. The van der Waals surface area contributed by atoms with E-state index in [0.29, 0.717) is 0 Å². The van der Waals surface area contributed by atoms with Crippen molar-refractivity contribution in [1.82, 2.24) is 5.32 Å². The molecule has 116 valence electrons. The second-order valence-corrected chi connectivity index (χ2v) is 7.14. The predicted octanol–water partition coefficient (Wildman–Crippen LogP) is 3.18. The highest BCUT2D eigenvalue weighted by Gasteiger charge is 2.31. The third kappa shape index (κ3) is 3.41. The van der Waals surface area contributed by atoms with Gasteiger partial charge in [-0.25, -0.2) is 0 Å². The summed E-state index contributed by atoms with van der Waals surface area (Å²) < 4.78 is 6.11. The number of aliphatic hydroxyl groups excluding tert-OH is 1. The molecule has 0 aromatic heterocycles. The largest absolute Gasteiger partial charge is 0.487 e. The summed E-state index contributed by atoms with van der Waals surface area (Å²) in [6, 6.07) is 6.63. The first-order chi connectivity index (χ1) is 10.1. The van der Waals surface area contributed by atoms with Crippen molar-refractivity contribution in [2.75, 3.05) is 0 Å². The van der Waals surface area contributed by atoms with Crippen LogP contribution < -0.4 is 10.1 Å².